The van der Waals surface area contributed by atoms with E-state index in [-0.39, 0.29) is 36.8 Å². The number of benzene rings is 1. The highest BCUT2D eigenvalue weighted by atomic mass is 79.9. The van der Waals surface area contributed by atoms with E-state index in [1.807, 2.05) is 0 Å². The lowest BCUT2D eigenvalue weighted by atomic mass is 9.84. The van der Waals surface area contributed by atoms with Crippen LogP contribution >= 0.6 is 40.7 Å². The molecule has 2 saturated heterocycles. The number of aromatic hydroxyl groups is 1. The van der Waals surface area contributed by atoms with Gasteiger partial charge in [0.05, 0.1) is 5.56 Å². The maximum Gasteiger partial charge on any atom is 0.420 e. The summed E-state index contributed by atoms with van der Waals surface area (Å²) in [4.78, 5) is 2.19. The van der Waals surface area contributed by atoms with Crippen molar-refractivity contribution in [3.05, 3.63) is 27.7 Å². The van der Waals surface area contributed by atoms with E-state index in [2.05, 4.69) is 26.1 Å². The minimum absolute atomic E-state index is 0. The van der Waals surface area contributed by atoms with Crippen molar-refractivity contribution in [3.63, 3.8) is 0 Å². The Morgan fingerprint density at radius 2 is 1.74 bits per heavy atom. The highest BCUT2D eigenvalue weighted by Crippen LogP contribution is 2.46. The number of rotatable bonds is 3. The van der Waals surface area contributed by atoms with E-state index >= 15 is 0 Å². The van der Waals surface area contributed by atoms with Crippen LogP contribution in [0, 0.1) is 5.92 Å². The Kier molecular flexibility index (Phi) is 9.64. The van der Waals surface area contributed by atoms with E-state index in [0.29, 0.717) is 23.2 Å². The number of halogens is 6. The lowest BCUT2D eigenvalue weighted by molar-refractivity contribution is -0.139. The zero-order chi connectivity index (χ0) is 18.0. The molecular formula is C17H24BrCl2F3N2O2. The first-order valence-electron chi connectivity index (χ1n) is 8.50. The van der Waals surface area contributed by atoms with E-state index in [1.54, 1.807) is 6.07 Å². The Labute approximate surface area is 177 Å². The van der Waals surface area contributed by atoms with Gasteiger partial charge in [-0.25, -0.2) is 0 Å². The first kappa shape index (κ1) is 24.8. The number of alkyl halides is 3. The molecule has 0 spiro atoms. The van der Waals surface area contributed by atoms with Crippen LogP contribution in [0.3, 0.4) is 0 Å². The number of ether oxygens (including phenoxy) is 1. The van der Waals surface area contributed by atoms with E-state index in [1.165, 1.54) is 0 Å². The summed E-state index contributed by atoms with van der Waals surface area (Å²) in [6.45, 7) is 4.29. The molecule has 2 N–H and O–H groups in total. The minimum Gasteiger partial charge on any atom is -0.507 e. The van der Waals surface area contributed by atoms with Crippen LogP contribution < -0.4 is 5.32 Å². The van der Waals surface area contributed by atoms with Crippen LogP contribution in [0.1, 0.15) is 30.0 Å². The molecule has 1 aromatic carbocycles. The molecule has 0 aliphatic carbocycles. The number of nitrogens with one attached hydrogen (secondary N) is 1. The minimum atomic E-state index is -4.59. The number of hydrogen-bond donors (Lipinski definition) is 2. The average Bonchev–Trinajstić information content (AvgIpc) is 2.59. The molecule has 10 heteroatoms. The summed E-state index contributed by atoms with van der Waals surface area (Å²) in [5.74, 6) is -0.487. The highest BCUT2D eigenvalue weighted by molar-refractivity contribution is 9.10. The van der Waals surface area contributed by atoms with Crippen LogP contribution in [0.2, 0.25) is 0 Å². The summed E-state index contributed by atoms with van der Waals surface area (Å²) in [6.07, 6.45) is -3.03. The second-order valence-electron chi connectivity index (χ2n) is 6.57. The van der Waals surface area contributed by atoms with Crippen molar-refractivity contribution >= 4 is 40.7 Å². The van der Waals surface area contributed by atoms with Crippen LogP contribution in [0.4, 0.5) is 13.2 Å². The summed E-state index contributed by atoms with van der Waals surface area (Å²) in [5, 5.41) is 13.7. The van der Waals surface area contributed by atoms with Gasteiger partial charge >= 0.3 is 6.18 Å². The number of hydrogen-bond acceptors (Lipinski definition) is 4. The smallest absolute Gasteiger partial charge is 0.420 e. The highest BCUT2D eigenvalue weighted by Gasteiger charge is 2.39. The van der Waals surface area contributed by atoms with Gasteiger partial charge in [-0.3, -0.25) is 4.90 Å². The topological polar surface area (TPSA) is 44.7 Å². The molecule has 1 atom stereocenters. The summed E-state index contributed by atoms with van der Waals surface area (Å²) in [7, 11) is 0. The predicted molar refractivity (Wildman–Crippen MR) is 106 cm³/mol. The van der Waals surface area contributed by atoms with Gasteiger partial charge in [-0.15, -0.1) is 24.8 Å². The summed E-state index contributed by atoms with van der Waals surface area (Å²) in [5.41, 5.74) is -0.625. The molecule has 2 heterocycles. The average molecular weight is 496 g/mol. The lowest BCUT2D eigenvalue weighted by Crippen LogP contribution is -2.47. The maximum absolute atomic E-state index is 13.3. The molecule has 156 valence electrons. The molecule has 0 saturated carbocycles. The molecule has 0 bridgehead atoms. The maximum atomic E-state index is 13.3. The first-order chi connectivity index (χ1) is 11.9. The number of phenolic OH excluding ortho intramolecular Hbond substituents is 1. The van der Waals surface area contributed by atoms with Crippen LogP contribution in [-0.2, 0) is 10.9 Å². The fourth-order valence-corrected chi connectivity index (χ4v) is 4.28. The SMILES string of the molecule is Cl.Cl.Oc1c([C@@H](C2CCOCC2)N2CCNCC2)cc(Br)cc1C(F)(F)F. The van der Waals surface area contributed by atoms with Crippen molar-refractivity contribution in [2.75, 3.05) is 39.4 Å². The fourth-order valence-electron chi connectivity index (χ4n) is 3.80. The van der Waals surface area contributed by atoms with Gasteiger partial charge in [0, 0.05) is 55.5 Å². The number of piperazine rings is 1. The van der Waals surface area contributed by atoms with Gasteiger partial charge in [0.25, 0.3) is 0 Å². The molecule has 2 aliphatic rings. The van der Waals surface area contributed by atoms with Gasteiger partial charge in [0.15, 0.2) is 0 Å². The quantitative estimate of drug-likeness (QED) is 0.652. The Morgan fingerprint density at radius 3 is 2.30 bits per heavy atom. The van der Waals surface area contributed by atoms with Gasteiger partial charge in [-0.2, -0.15) is 13.2 Å². The molecule has 1 aromatic rings. The molecule has 0 aromatic heterocycles. The zero-order valence-corrected chi connectivity index (χ0v) is 17.8. The summed E-state index contributed by atoms with van der Waals surface area (Å²) >= 11 is 3.19. The summed E-state index contributed by atoms with van der Waals surface area (Å²) in [6, 6.07) is 2.33. The van der Waals surface area contributed by atoms with Crippen LogP contribution in [0.15, 0.2) is 16.6 Å². The van der Waals surface area contributed by atoms with E-state index in [0.717, 1.165) is 45.1 Å². The molecule has 0 radical (unpaired) electrons. The Balaban J connectivity index is 0.00000182. The van der Waals surface area contributed by atoms with Gasteiger partial charge in [-0.1, -0.05) is 15.9 Å². The van der Waals surface area contributed by atoms with Gasteiger partial charge in [-0.05, 0) is 30.9 Å². The van der Waals surface area contributed by atoms with Gasteiger partial charge in [0.2, 0.25) is 0 Å². The zero-order valence-electron chi connectivity index (χ0n) is 14.6. The van der Waals surface area contributed by atoms with Crippen LogP contribution in [0.5, 0.6) is 5.75 Å². The molecule has 0 amide bonds. The van der Waals surface area contributed by atoms with Crippen molar-refractivity contribution in [1.29, 1.82) is 0 Å². The number of nitrogens with zero attached hydrogens (tertiary/aromatic N) is 1. The van der Waals surface area contributed by atoms with Crippen molar-refractivity contribution in [3.8, 4) is 5.75 Å². The third-order valence-electron chi connectivity index (χ3n) is 4.99. The lowest BCUT2D eigenvalue weighted by Gasteiger charge is -2.41. The van der Waals surface area contributed by atoms with E-state index in [4.69, 9.17) is 4.74 Å². The normalized spacial score (nSPS) is 20.4. The van der Waals surface area contributed by atoms with Gasteiger partial charge in [0.1, 0.15) is 5.75 Å². The van der Waals surface area contributed by atoms with Crippen molar-refractivity contribution in [1.82, 2.24) is 10.2 Å². The van der Waals surface area contributed by atoms with Crippen molar-refractivity contribution in [2.45, 2.75) is 25.1 Å². The molecule has 4 nitrogen and oxygen atoms in total. The standard InChI is InChI=1S/C17H22BrF3N2O2.2ClH/c18-12-9-13(16(24)14(10-12)17(19,20)21)15(11-1-7-25-8-2-11)23-5-3-22-4-6-23;;/h9-11,15,22,24H,1-8H2;2*1H/t15-;;/m1../s1. The number of phenols is 1. The van der Waals surface area contributed by atoms with Crippen molar-refractivity contribution in [2.24, 2.45) is 5.92 Å². The van der Waals surface area contributed by atoms with Crippen LogP contribution in [-0.4, -0.2) is 49.4 Å². The van der Waals surface area contributed by atoms with Crippen LogP contribution in [0.25, 0.3) is 0 Å². The van der Waals surface area contributed by atoms with E-state index in [9.17, 15) is 18.3 Å². The molecular weight excluding hydrogens is 472 g/mol. The Morgan fingerprint density at radius 1 is 1.15 bits per heavy atom. The fraction of sp³-hybridized carbons (Fsp3) is 0.647. The second-order valence-corrected chi connectivity index (χ2v) is 7.49. The molecule has 2 fully saturated rings. The van der Waals surface area contributed by atoms with E-state index < -0.39 is 17.5 Å². The predicted octanol–water partition coefficient (Wildman–Crippen LogP) is 4.39. The third-order valence-corrected chi connectivity index (χ3v) is 5.44. The molecule has 3 rings (SSSR count). The monoisotopic (exact) mass is 494 g/mol. The molecule has 0 unspecified atom stereocenters. The third kappa shape index (κ3) is 5.87. The largest absolute Gasteiger partial charge is 0.507 e. The second kappa shape index (κ2) is 10.5. The van der Waals surface area contributed by atoms with Crippen molar-refractivity contribution < 1.29 is 23.0 Å². The molecule has 27 heavy (non-hydrogen) atoms. The first-order valence-corrected chi connectivity index (χ1v) is 9.29. The summed E-state index contributed by atoms with van der Waals surface area (Å²) < 4.78 is 45.8. The Bertz CT molecular complexity index is 593. The Hall–Kier alpha value is -0.250. The van der Waals surface area contributed by atoms with Gasteiger partial charge < -0.3 is 15.2 Å². The molecule has 2 aliphatic heterocycles.